The Hall–Kier alpha value is -1.88. The van der Waals surface area contributed by atoms with Crippen molar-refractivity contribution < 1.29 is 9.59 Å². The number of hydrogen-bond acceptors (Lipinski definition) is 3. The molecule has 110 valence electrons. The number of hydrogen-bond donors (Lipinski definition) is 2. The number of nitrogens with zero attached hydrogens (tertiary/aromatic N) is 1. The van der Waals surface area contributed by atoms with E-state index in [0.717, 1.165) is 18.4 Å². The molecule has 0 fully saturated rings. The first-order valence-electron chi connectivity index (χ1n) is 6.91. The van der Waals surface area contributed by atoms with Gasteiger partial charge in [-0.25, -0.2) is 0 Å². The molecule has 1 aromatic rings. The van der Waals surface area contributed by atoms with Crippen molar-refractivity contribution >= 4 is 11.8 Å². The molecule has 1 aromatic carbocycles. The van der Waals surface area contributed by atoms with Crippen LogP contribution >= 0.6 is 0 Å². The fourth-order valence-corrected chi connectivity index (χ4v) is 1.99. The second-order valence-electron chi connectivity index (χ2n) is 4.88. The Labute approximate surface area is 119 Å². The average molecular weight is 277 g/mol. The molecule has 20 heavy (non-hydrogen) atoms. The molecule has 0 heterocycles. The van der Waals surface area contributed by atoms with Gasteiger partial charge in [-0.3, -0.25) is 9.59 Å². The van der Waals surface area contributed by atoms with Gasteiger partial charge in [-0.1, -0.05) is 43.7 Å². The van der Waals surface area contributed by atoms with Crippen LogP contribution in [-0.4, -0.2) is 35.8 Å². The summed E-state index contributed by atoms with van der Waals surface area (Å²) in [5, 5.41) is 0. The first-order chi connectivity index (χ1) is 9.54. The van der Waals surface area contributed by atoms with Crippen molar-refractivity contribution in [2.75, 3.05) is 13.1 Å². The molecule has 5 nitrogen and oxygen atoms in total. The molecule has 0 bridgehead atoms. The Morgan fingerprint density at radius 2 is 1.90 bits per heavy atom. The molecule has 1 unspecified atom stereocenters. The lowest BCUT2D eigenvalue weighted by Crippen LogP contribution is -2.48. The number of benzene rings is 1. The Kier molecular flexibility index (Phi) is 6.73. The van der Waals surface area contributed by atoms with E-state index in [1.165, 1.54) is 4.90 Å². The highest BCUT2D eigenvalue weighted by atomic mass is 16.2. The van der Waals surface area contributed by atoms with Crippen LogP contribution < -0.4 is 11.5 Å². The van der Waals surface area contributed by atoms with E-state index >= 15 is 0 Å². The third-order valence-electron chi connectivity index (χ3n) is 3.06. The van der Waals surface area contributed by atoms with E-state index in [1.54, 1.807) is 0 Å². The summed E-state index contributed by atoms with van der Waals surface area (Å²) < 4.78 is 0. The maximum atomic E-state index is 12.3. The second-order valence-corrected chi connectivity index (χ2v) is 4.88. The third-order valence-corrected chi connectivity index (χ3v) is 3.06. The van der Waals surface area contributed by atoms with Crippen LogP contribution in [0.15, 0.2) is 30.3 Å². The molecule has 0 spiro atoms. The first kappa shape index (κ1) is 16.2. The van der Waals surface area contributed by atoms with Gasteiger partial charge in [0.2, 0.25) is 11.8 Å². The highest BCUT2D eigenvalue weighted by Gasteiger charge is 2.22. The van der Waals surface area contributed by atoms with Gasteiger partial charge in [-0.05, 0) is 18.4 Å². The minimum absolute atomic E-state index is 0.0681. The lowest BCUT2D eigenvalue weighted by molar-refractivity contribution is -0.136. The molecular weight excluding hydrogens is 254 g/mol. The summed E-state index contributed by atoms with van der Waals surface area (Å²) >= 11 is 0. The molecule has 0 aliphatic heterocycles. The highest BCUT2D eigenvalue weighted by molar-refractivity contribution is 5.87. The van der Waals surface area contributed by atoms with Gasteiger partial charge in [0.25, 0.3) is 0 Å². The molecule has 0 radical (unpaired) electrons. The van der Waals surface area contributed by atoms with Crippen LogP contribution in [0, 0.1) is 0 Å². The lowest BCUT2D eigenvalue weighted by Gasteiger charge is -2.24. The number of carbonyl (C=O) groups is 2. The summed E-state index contributed by atoms with van der Waals surface area (Å²) in [6.07, 6.45) is 2.23. The van der Waals surface area contributed by atoms with Crippen molar-refractivity contribution in [2.24, 2.45) is 11.5 Å². The predicted octanol–water partition coefficient (Wildman–Crippen LogP) is 0.670. The van der Waals surface area contributed by atoms with Crippen LogP contribution in [0.1, 0.15) is 25.3 Å². The summed E-state index contributed by atoms with van der Waals surface area (Å²) in [7, 11) is 0. The Balaban J connectivity index is 2.64. The number of primary amides is 1. The smallest absolute Gasteiger partial charge is 0.240 e. The summed E-state index contributed by atoms with van der Waals surface area (Å²) in [5.74, 6) is -0.734. The van der Waals surface area contributed by atoms with Crippen LogP contribution in [0.4, 0.5) is 0 Å². The Morgan fingerprint density at radius 3 is 2.45 bits per heavy atom. The van der Waals surface area contributed by atoms with Gasteiger partial charge in [0, 0.05) is 6.54 Å². The fraction of sp³-hybridized carbons (Fsp3) is 0.467. The van der Waals surface area contributed by atoms with Crippen molar-refractivity contribution in [1.82, 2.24) is 4.90 Å². The molecule has 5 heteroatoms. The number of nitrogens with two attached hydrogens (primary N) is 2. The molecule has 0 saturated heterocycles. The van der Waals surface area contributed by atoms with E-state index in [-0.39, 0.29) is 12.5 Å². The Bertz CT molecular complexity index is 434. The number of carbonyl (C=O) groups excluding carboxylic acids is 2. The predicted molar refractivity (Wildman–Crippen MR) is 78.8 cm³/mol. The highest BCUT2D eigenvalue weighted by Crippen LogP contribution is 2.05. The van der Waals surface area contributed by atoms with Crippen LogP contribution in [0.25, 0.3) is 0 Å². The van der Waals surface area contributed by atoms with E-state index in [9.17, 15) is 9.59 Å². The van der Waals surface area contributed by atoms with E-state index in [2.05, 4.69) is 0 Å². The Morgan fingerprint density at radius 1 is 1.25 bits per heavy atom. The summed E-state index contributed by atoms with van der Waals surface area (Å²) in [5.41, 5.74) is 12.1. The lowest BCUT2D eigenvalue weighted by atomic mass is 10.1. The van der Waals surface area contributed by atoms with Gasteiger partial charge in [0.05, 0.1) is 12.6 Å². The molecule has 4 N–H and O–H groups in total. The number of unbranched alkanes of at least 4 members (excludes halogenated alkanes) is 1. The summed E-state index contributed by atoms with van der Waals surface area (Å²) in [6, 6.07) is 8.94. The van der Waals surface area contributed by atoms with Gasteiger partial charge < -0.3 is 16.4 Å². The fourth-order valence-electron chi connectivity index (χ4n) is 1.99. The molecule has 2 amide bonds. The maximum Gasteiger partial charge on any atom is 0.240 e. The monoisotopic (exact) mass is 277 g/mol. The first-order valence-corrected chi connectivity index (χ1v) is 6.91. The largest absolute Gasteiger partial charge is 0.368 e. The van der Waals surface area contributed by atoms with Gasteiger partial charge in [0.1, 0.15) is 0 Å². The summed E-state index contributed by atoms with van der Waals surface area (Å²) in [4.78, 5) is 24.8. The van der Waals surface area contributed by atoms with Gasteiger partial charge in [-0.15, -0.1) is 0 Å². The quantitative estimate of drug-likeness (QED) is 0.732. The van der Waals surface area contributed by atoms with Crippen molar-refractivity contribution in [3.63, 3.8) is 0 Å². The molecule has 0 saturated carbocycles. The van der Waals surface area contributed by atoms with Gasteiger partial charge >= 0.3 is 0 Å². The van der Waals surface area contributed by atoms with E-state index in [0.29, 0.717) is 13.0 Å². The van der Waals surface area contributed by atoms with Gasteiger partial charge in [-0.2, -0.15) is 0 Å². The molecule has 1 atom stereocenters. The van der Waals surface area contributed by atoms with Crippen molar-refractivity contribution in [2.45, 2.75) is 32.2 Å². The molecule has 0 aliphatic carbocycles. The van der Waals surface area contributed by atoms with Crippen molar-refractivity contribution in [1.29, 1.82) is 0 Å². The maximum absolute atomic E-state index is 12.3. The average Bonchev–Trinajstić information content (AvgIpc) is 2.43. The SMILES string of the molecule is CCCCN(CC(N)=O)C(=O)C(N)Cc1ccccc1. The standard InChI is InChI=1S/C15H23N3O2/c1-2-3-9-18(11-14(17)19)15(20)13(16)10-12-7-5-4-6-8-12/h4-8,13H,2-3,9-11,16H2,1H3,(H2,17,19). The number of amides is 2. The van der Waals surface area contributed by atoms with E-state index in [1.807, 2.05) is 37.3 Å². The topological polar surface area (TPSA) is 89.4 Å². The second kappa shape index (κ2) is 8.32. The normalized spacial score (nSPS) is 11.9. The zero-order valence-corrected chi connectivity index (χ0v) is 11.9. The minimum Gasteiger partial charge on any atom is -0.368 e. The minimum atomic E-state index is -0.645. The molecular formula is C15H23N3O2. The summed E-state index contributed by atoms with van der Waals surface area (Å²) in [6.45, 7) is 2.47. The molecule has 1 rings (SSSR count). The number of rotatable bonds is 8. The molecule has 0 aliphatic rings. The van der Waals surface area contributed by atoms with E-state index < -0.39 is 11.9 Å². The van der Waals surface area contributed by atoms with Crippen LogP contribution in [-0.2, 0) is 16.0 Å². The zero-order valence-electron chi connectivity index (χ0n) is 11.9. The van der Waals surface area contributed by atoms with Crippen LogP contribution in [0.2, 0.25) is 0 Å². The van der Waals surface area contributed by atoms with Gasteiger partial charge in [0.15, 0.2) is 0 Å². The third kappa shape index (κ3) is 5.40. The zero-order chi connectivity index (χ0) is 15.0. The van der Waals surface area contributed by atoms with Crippen molar-refractivity contribution in [3.8, 4) is 0 Å². The molecule has 0 aromatic heterocycles. The van der Waals surface area contributed by atoms with E-state index in [4.69, 9.17) is 11.5 Å². The van der Waals surface area contributed by atoms with Crippen molar-refractivity contribution in [3.05, 3.63) is 35.9 Å². The van der Waals surface area contributed by atoms with Crippen LogP contribution in [0.5, 0.6) is 0 Å². The van der Waals surface area contributed by atoms with Crippen LogP contribution in [0.3, 0.4) is 0 Å².